The van der Waals surface area contributed by atoms with E-state index in [1.54, 1.807) is 0 Å². The Bertz CT molecular complexity index is 200. The van der Waals surface area contributed by atoms with E-state index in [-0.39, 0.29) is 11.8 Å². The highest BCUT2D eigenvalue weighted by atomic mass is 16.1. The summed E-state index contributed by atoms with van der Waals surface area (Å²) < 4.78 is 0. The number of rotatable bonds is 4. The summed E-state index contributed by atoms with van der Waals surface area (Å²) in [6.45, 7) is 4.74. The lowest BCUT2D eigenvalue weighted by molar-refractivity contribution is -0.125. The molecule has 1 heterocycles. The van der Waals surface area contributed by atoms with Gasteiger partial charge in [0.1, 0.15) is 0 Å². The molecule has 1 aliphatic rings. The zero-order chi connectivity index (χ0) is 11.3. The number of carbonyl (C=O) groups excluding carboxylic acids is 1. The molecule has 4 nitrogen and oxygen atoms in total. The van der Waals surface area contributed by atoms with Gasteiger partial charge in [-0.2, -0.15) is 0 Å². The normalized spacial score (nSPS) is 23.9. The maximum atomic E-state index is 11.8. The summed E-state index contributed by atoms with van der Waals surface area (Å²) in [4.78, 5) is 13.9. The lowest BCUT2D eigenvalue weighted by atomic mass is 9.99. The molecule has 0 radical (unpaired) electrons. The standard InChI is InChI=1S/C11H23N3O/c1-9(14(2)3)7-13-11(15)10-5-4-6-12-8-10/h9-10,12H,4-8H2,1-3H3,(H,13,15). The summed E-state index contributed by atoms with van der Waals surface area (Å²) >= 11 is 0. The fraction of sp³-hybridized carbons (Fsp3) is 0.909. The molecule has 1 aliphatic heterocycles. The van der Waals surface area contributed by atoms with Crippen LogP contribution >= 0.6 is 0 Å². The summed E-state index contributed by atoms with van der Waals surface area (Å²) in [7, 11) is 4.05. The van der Waals surface area contributed by atoms with Crippen LogP contribution in [0.2, 0.25) is 0 Å². The van der Waals surface area contributed by atoms with Crippen LogP contribution in [0.25, 0.3) is 0 Å². The van der Waals surface area contributed by atoms with Crippen LogP contribution < -0.4 is 10.6 Å². The van der Waals surface area contributed by atoms with Crippen LogP contribution in [0.15, 0.2) is 0 Å². The molecule has 1 fully saturated rings. The molecule has 0 saturated carbocycles. The van der Waals surface area contributed by atoms with Crippen LogP contribution in [0.4, 0.5) is 0 Å². The molecule has 2 unspecified atom stereocenters. The fourth-order valence-electron chi connectivity index (χ4n) is 1.65. The predicted octanol–water partition coefficient (Wildman–Crippen LogP) is 0.0523. The van der Waals surface area contributed by atoms with Crippen molar-refractivity contribution in [2.75, 3.05) is 33.7 Å². The van der Waals surface area contributed by atoms with Crippen molar-refractivity contribution in [1.29, 1.82) is 0 Å². The number of piperidine rings is 1. The van der Waals surface area contributed by atoms with Gasteiger partial charge in [0.2, 0.25) is 5.91 Å². The topological polar surface area (TPSA) is 44.4 Å². The smallest absolute Gasteiger partial charge is 0.224 e. The Morgan fingerprint density at radius 1 is 1.60 bits per heavy atom. The number of nitrogens with one attached hydrogen (secondary N) is 2. The maximum Gasteiger partial charge on any atom is 0.224 e. The summed E-state index contributed by atoms with van der Waals surface area (Å²) in [6.07, 6.45) is 2.14. The molecule has 0 bridgehead atoms. The van der Waals surface area contributed by atoms with Crippen molar-refractivity contribution in [2.45, 2.75) is 25.8 Å². The fourth-order valence-corrected chi connectivity index (χ4v) is 1.65. The second-order valence-electron chi connectivity index (χ2n) is 4.60. The first-order valence-corrected chi connectivity index (χ1v) is 5.76. The molecule has 0 aromatic heterocycles. The molecule has 0 aromatic rings. The van der Waals surface area contributed by atoms with Crippen LogP contribution in [0.3, 0.4) is 0 Å². The number of amides is 1. The van der Waals surface area contributed by atoms with Crippen molar-refractivity contribution in [3.05, 3.63) is 0 Å². The Morgan fingerprint density at radius 3 is 2.87 bits per heavy atom. The van der Waals surface area contributed by atoms with E-state index in [0.717, 1.165) is 32.5 Å². The SMILES string of the molecule is CC(CNC(=O)C1CCCNC1)N(C)C. The second kappa shape index (κ2) is 6.08. The van der Waals surface area contributed by atoms with Crippen molar-refractivity contribution >= 4 is 5.91 Å². The van der Waals surface area contributed by atoms with E-state index in [2.05, 4.69) is 22.5 Å². The van der Waals surface area contributed by atoms with Gasteiger partial charge >= 0.3 is 0 Å². The summed E-state index contributed by atoms with van der Waals surface area (Å²) in [5.74, 6) is 0.379. The summed E-state index contributed by atoms with van der Waals surface area (Å²) in [5.41, 5.74) is 0. The quantitative estimate of drug-likeness (QED) is 0.694. The Kier molecular flexibility index (Phi) is 5.05. The van der Waals surface area contributed by atoms with Crippen molar-refractivity contribution in [3.63, 3.8) is 0 Å². The maximum absolute atomic E-state index is 11.8. The minimum absolute atomic E-state index is 0.174. The van der Waals surface area contributed by atoms with E-state index in [4.69, 9.17) is 0 Å². The van der Waals surface area contributed by atoms with Gasteiger partial charge in [-0.05, 0) is 40.4 Å². The van der Waals surface area contributed by atoms with Crippen molar-refractivity contribution in [2.24, 2.45) is 5.92 Å². The zero-order valence-electron chi connectivity index (χ0n) is 10.0. The molecule has 0 aliphatic carbocycles. The number of likely N-dealkylation sites (N-methyl/N-ethyl adjacent to an activating group) is 1. The third kappa shape index (κ3) is 4.18. The minimum atomic E-state index is 0.174. The van der Waals surface area contributed by atoms with E-state index >= 15 is 0 Å². The number of hydrogen-bond donors (Lipinski definition) is 2. The highest BCUT2D eigenvalue weighted by molar-refractivity contribution is 5.78. The first kappa shape index (κ1) is 12.5. The number of carbonyl (C=O) groups is 1. The Balaban J connectivity index is 2.22. The minimum Gasteiger partial charge on any atom is -0.354 e. The number of hydrogen-bond acceptors (Lipinski definition) is 3. The largest absolute Gasteiger partial charge is 0.354 e. The van der Waals surface area contributed by atoms with Crippen LogP contribution in [0, 0.1) is 5.92 Å². The highest BCUT2D eigenvalue weighted by Gasteiger charge is 2.20. The van der Waals surface area contributed by atoms with Gasteiger partial charge in [-0.1, -0.05) is 0 Å². The first-order valence-electron chi connectivity index (χ1n) is 5.76. The van der Waals surface area contributed by atoms with Gasteiger partial charge in [-0.15, -0.1) is 0 Å². The van der Waals surface area contributed by atoms with Crippen LogP contribution in [-0.2, 0) is 4.79 Å². The third-order valence-electron chi connectivity index (χ3n) is 3.12. The highest BCUT2D eigenvalue weighted by Crippen LogP contribution is 2.09. The van der Waals surface area contributed by atoms with Crippen molar-refractivity contribution in [1.82, 2.24) is 15.5 Å². The monoisotopic (exact) mass is 213 g/mol. The Morgan fingerprint density at radius 2 is 2.33 bits per heavy atom. The summed E-state index contributed by atoms with van der Waals surface area (Å²) in [6, 6.07) is 0.394. The van der Waals surface area contributed by atoms with E-state index < -0.39 is 0 Å². The lowest BCUT2D eigenvalue weighted by Gasteiger charge is -2.24. The second-order valence-corrected chi connectivity index (χ2v) is 4.60. The molecule has 1 amide bonds. The van der Waals surface area contributed by atoms with Crippen LogP contribution in [0.5, 0.6) is 0 Å². The molecular weight excluding hydrogens is 190 g/mol. The molecule has 88 valence electrons. The Hall–Kier alpha value is -0.610. The van der Waals surface area contributed by atoms with Gasteiger partial charge in [0.05, 0.1) is 5.92 Å². The van der Waals surface area contributed by atoms with E-state index in [9.17, 15) is 4.79 Å². The number of nitrogens with zero attached hydrogens (tertiary/aromatic N) is 1. The van der Waals surface area contributed by atoms with E-state index in [1.807, 2.05) is 14.1 Å². The molecule has 1 saturated heterocycles. The third-order valence-corrected chi connectivity index (χ3v) is 3.12. The molecule has 0 spiro atoms. The van der Waals surface area contributed by atoms with Crippen molar-refractivity contribution < 1.29 is 4.79 Å². The van der Waals surface area contributed by atoms with Gasteiger partial charge in [-0.3, -0.25) is 4.79 Å². The molecule has 0 aromatic carbocycles. The van der Waals surface area contributed by atoms with Gasteiger partial charge in [0.25, 0.3) is 0 Å². The van der Waals surface area contributed by atoms with Crippen LogP contribution in [0.1, 0.15) is 19.8 Å². The molecule has 1 rings (SSSR count). The van der Waals surface area contributed by atoms with E-state index in [1.165, 1.54) is 0 Å². The molecule has 2 atom stereocenters. The molecular formula is C11H23N3O. The lowest BCUT2D eigenvalue weighted by Crippen LogP contribution is -2.44. The van der Waals surface area contributed by atoms with Gasteiger partial charge in [0.15, 0.2) is 0 Å². The molecule has 4 heteroatoms. The average molecular weight is 213 g/mol. The van der Waals surface area contributed by atoms with Gasteiger partial charge < -0.3 is 15.5 Å². The predicted molar refractivity (Wildman–Crippen MR) is 61.8 cm³/mol. The first-order chi connectivity index (χ1) is 7.11. The van der Waals surface area contributed by atoms with E-state index in [0.29, 0.717) is 6.04 Å². The average Bonchev–Trinajstić information content (AvgIpc) is 2.26. The van der Waals surface area contributed by atoms with Crippen molar-refractivity contribution in [3.8, 4) is 0 Å². The Labute approximate surface area is 92.4 Å². The van der Waals surface area contributed by atoms with Gasteiger partial charge in [0, 0.05) is 19.1 Å². The molecule has 2 N–H and O–H groups in total. The van der Waals surface area contributed by atoms with Gasteiger partial charge in [-0.25, -0.2) is 0 Å². The molecule has 15 heavy (non-hydrogen) atoms. The van der Waals surface area contributed by atoms with Crippen LogP contribution in [-0.4, -0.2) is 50.6 Å². The summed E-state index contributed by atoms with van der Waals surface area (Å²) in [5, 5.41) is 6.27. The zero-order valence-corrected chi connectivity index (χ0v) is 10.0.